The summed E-state index contributed by atoms with van der Waals surface area (Å²) in [4.78, 5) is 29.1. The number of aromatic amines is 2. The van der Waals surface area contributed by atoms with E-state index in [4.69, 9.17) is 16.3 Å². The van der Waals surface area contributed by atoms with Crippen molar-refractivity contribution in [2.75, 3.05) is 0 Å². The number of hydrogen-bond acceptors (Lipinski definition) is 7. The molecule has 3 aromatic heterocycles. The van der Waals surface area contributed by atoms with Crippen molar-refractivity contribution < 1.29 is 14.2 Å². The molecule has 0 aliphatic heterocycles. The molecular weight excluding hydrogens is 417 g/mol. The van der Waals surface area contributed by atoms with Crippen molar-refractivity contribution >= 4 is 23.3 Å². The SMILES string of the molecule is O=c1[nH]c(O)c(/C=c2/cnn3c(=NC4CC4)nc(Oc4ccc(Cl)cc4F)nc23)[nH]1. The van der Waals surface area contributed by atoms with Crippen molar-refractivity contribution in [1.82, 2.24) is 29.5 Å². The third kappa shape index (κ3) is 3.50. The Hall–Kier alpha value is -3.73. The monoisotopic (exact) mass is 429 g/mol. The lowest BCUT2D eigenvalue weighted by atomic mass is 10.3. The first-order valence-electron chi connectivity index (χ1n) is 8.92. The number of aromatic nitrogens is 6. The molecule has 30 heavy (non-hydrogen) atoms. The highest BCUT2D eigenvalue weighted by molar-refractivity contribution is 6.30. The number of nitrogens with one attached hydrogen (secondary N) is 2. The van der Waals surface area contributed by atoms with E-state index in [9.17, 15) is 14.3 Å². The molecule has 0 atom stereocenters. The topological polar surface area (TPSA) is 134 Å². The maximum Gasteiger partial charge on any atom is 0.327 e. The van der Waals surface area contributed by atoms with Gasteiger partial charge in [0.25, 0.3) is 5.62 Å². The van der Waals surface area contributed by atoms with E-state index in [1.165, 1.54) is 28.9 Å². The molecule has 0 radical (unpaired) electrons. The number of aromatic hydroxyl groups is 1. The van der Waals surface area contributed by atoms with Crippen LogP contribution in [0.2, 0.25) is 5.02 Å². The molecule has 0 bridgehead atoms. The van der Waals surface area contributed by atoms with Crippen LogP contribution in [0.1, 0.15) is 18.5 Å². The second-order valence-electron chi connectivity index (χ2n) is 6.66. The summed E-state index contributed by atoms with van der Waals surface area (Å²) in [6, 6.07) is 3.97. The lowest BCUT2D eigenvalue weighted by molar-refractivity contribution is 0.406. The molecule has 0 spiro atoms. The zero-order chi connectivity index (χ0) is 20.8. The van der Waals surface area contributed by atoms with Gasteiger partial charge in [0, 0.05) is 10.2 Å². The van der Waals surface area contributed by atoms with Gasteiger partial charge in [-0.1, -0.05) is 11.6 Å². The minimum absolute atomic E-state index is 0.0984. The number of halogens is 2. The van der Waals surface area contributed by atoms with Crippen LogP contribution < -0.4 is 21.3 Å². The van der Waals surface area contributed by atoms with Crippen LogP contribution in [0, 0.1) is 5.82 Å². The molecule has 1 aliphatic rings. The molecule has 0 amide bonds. The normalized spacial score (nSPS) is 15.3. The van der Waals surface area contributed by atoms with Gasteiger partial charge in [-0.25, -0.2) is 14.2 Å². The molecule has 1 aliphatic carbocycles. The summed E-state index contributed by atoms with van der Waals surface area (Å²) < 4.78 is 21.1. The van der Waals surface area contributed by atoms with Crippen molar-refractivity contribution in [2.24, 2.45) is 4.99 Å². The van der Waals surface area contributed by atoms with E-state index in [2.05, 4.69) is 30.0 Å². The van der Waals surface area contributed by atoms with Crippen molar-refractivity contribution in [3.05, 3.63) is 62.3 Å². The molecule has 5 rings (SSSR count). The second kappa shape index (κ2) is 6.95. The molecule has 152 valence electrons. The average molecular weight is 430 g/mol. The van der Waals surface area contributed by atoms with Crippen molar-refractivity contribution in [1.29, 1.82) is 0 Å². The van der Waals surface area contributed by atoms with Gasteiger partial charge in [0.15, 0.2) is 17.2 Å². The molecule has 0 saturated heterocycles. The van der Waals surface area contributed by atoms with Gasteiger partial charge in [-0.15, -0.1) is 0 Å². The number of ether oxygens (including phenoxy) is 1. The number of fused-ring (bicyclic) bond motifs is 1. The van der Waals surface area contributed by atoms with Gasteiger partial charge >= 0.3 is 11.7 Å². The second-order valence-corrected chi connectivity index (χ2v) is 7.10. The average Bonchev–Trinajstić information content (AvgIpc) is 3.33. The summed E-state index contributed by atoms with van der Waals surface area (Å²) in [5.41, 5.74) is 0.144. The fraction of sp³-hybridized carbons (Fsp3) is 0.167. The van der Waals surface area contributed by atoms with Crippen molar-refractivity contribution in [2.45, 2.75) is 18.9 Å². The number of hydrogen-bond donors (Lipinski definition) is 3. The Morgan fingerprint density at radius 1 is 1.33 bits per heavy atom. The van der Waals surface area contributed by atoms with Gasteiger partial charge in [-0.2, -0.15) is 19.6 Å². The fourth-order valence-electron chi connectivity index (χ4n) is 2.76. The molecule has 10 nitrogen and oxygen atoms in total. The zero-order valence-electron chi connectivity index (χ0n) is 15.1. The van der Waals surface area contributed by atoms with E-state index in [0.717, 1.165) is 18.9 Å². The predicted octanol–water partition coefficient (Wildman–Crippen LogP) is 1.04. The number of nitrogens with zero attached hydrogens (tertiary/aromatic N) is 5. The van der Waals surface area contributed by atoms with E-state index in [0.29, 0.717) is 10.9 Å². The van der Waals surface area contributed by atoms with Gasteiger partial charge in [0.05, 0.1) is 12.2 Å². The highest BCUT2D eigenvalue weighted by Gasteiger charge is 2.21. The molecular formula is C18H13ClFN7O3. The van der Waals surface area contributed by atoms with Gasteiger partial charge in [0.1, 0.15) is 5.69 Å². The number of imidazole rings is 1. The summed E-state index contributed by atoms with van der Waals surface area (Å²) in [7, 11) is 0. The minimum Gasteiger partial charge on any atom is -0.493 e. The maximum absolute atomic E-state index is 14.1. The smallest absolute Gasteiger partial charge is 0.327 e. The number of rotatable bonds is 4. The third-order valence-electron chi connectivity index (χ3n) is 4.33. The first kappa shape index (κ1) is 18.3. The van der Waals surface area contributed by atoms with E-state index < -0.39 is 11.5 Å². The first-order chi connectivity index (χ1) is 14.5. The van der Waals surface area contributed by atoms with Gasteiger partial charge in [-0.05, 0) is 37.1 Å². The highest BCUT2D eigenvalue weighted by Crippen LogP contribution is 2.25. The van der Waals surface area contributed by atoms with Crippen LogP contribution >= 0.6 is 11.6 Å². The molecule has 4 aromatic rings. The van der Waals surface area contributed by atoms with Crippen LogP contribution in [-0.2, 0) is 0 Å². The Balaban J connectivity index is 1.68. The molecule has 1 fully saturated rings. The van der Waals surface area contributed by atoms with Crippen LogP contribution in [0.15, 0.2) is 34.2 Å². The standard InChI is InChI=1S/C18H13ClFN7O3/c19-9-1-4-13(11(20)6-9)30-18-24-14-8(5-12-15(28)25-17(29)23-12)7-21-27(14)16(26-18)22-10-2-3-10/h1,4-7,10,28H,2-3H2,(H2,23,25,29)/b8-5-,22-16?. The Labute approximate surface area is 171 Å². The molecule has 3 heterocycles. The van der Waals surface area contributed by atoms with Gasteiger partial charge in [0.2, 0.25) is 5.88 Å². The molecule has 0 unspecified atom stereocenters. The summed E-state index contributed by atoms with van der Waals surface area (Å²) >= 11 is 5.78. The highest BCUT2D eigenvalue weighted by atomic mass is 35.5. The summed E-state index contributed by atoms with van der Waals surface area (Å²) in [6.45, 7) is 0. The Morgan fingerprint density at radius 2 is 2.17 bits per heavy atom. The quantitative estimate of drug-likeness (QED) is 0.444. The number of benzene rings is 1. The van der Waals surface area contributed by atoms with Crippen LogP contribution in [0.25, 0.3) is 11.7 Å². The van der Waals surface area contributed by atoms with Crippen LogP contribution in [0.4, 0.5) is 4.39 Å². The number of H-pyrrole nitrogens is 2. The van der Waals surface area contributed by atoms with E-state index in [1.807, 2.05) is 0 Å². The Kier molecular flexibility index (Phi) is 4.24. The fourth-order valence-corrected chi connectivity index (χ4v) is 2.92. The minimum atomic E-state index is -0.665. The molecule has 3 N–H and O–H groups in total. The predicted molar refractivity (Wildman–Crippen MR) is 103 cm³/mol. The lowest BCUT2D eigenvalue weighted by Crippen LogP contribution is -2.23. The van der Waals surface area contributed by atoms with Crippen molar-refractivity contribution in [3.8, 4) is 17.6 Å². The Morgan fingerprint density at radius 3 is 2.87 bits per heavy atom. The molecule has 1 aromatic carbocycles. The van der Waals surface area contributed by atoms with Gasteiger partial charge in [-0.3, -0.25) is 4.98 Å². The van der Waals surface area contributed by atoms with Crippen LogP contribution in [0.3, 0.4) is 0 Å². The molecule has 1 saturated carbocycles. The Bertz CT molecular complexity index is 1450. The summed E-state index contributed by atoms with van der Waals surface area (Å²) in [5, 5.41) is 14.7. The van der Waals surface area contributed by atoms with Crippen LogP contribution in [-0.4, -0.2) is 40.7 Å². The van der Waals surface area contributed by atoms with Gasteiger partial charge < -0.3 is 14.8 Å². The largest absolute Gasteiger partial charge is 0.493 e. The molecule has 12 heteroatoms. The first-order valence-corrected chi connectivity index (χ1v) is 9.29. The van der Waals surface area contributed by atoms with Crippen molar-refractivity contribution in [3.63, 3.8) is 0 Å². The zero-order valence-corrected chi connectivity index (χ0v) is 15.9. The third-order valence-corrected chi connectivity index (χ3v) is 4.57. The van der Waals surface area contributed by atoms with E-state index in [1.54, 1.807) is 0 Å². The van der Waals surface area contributed by atoms with E-state index in [-0.39, 0.29) is 40.0 Å². The summed E-state index contributed by atoms with van der Waals surface area (Å²) in [6.07, 6.45) is 4.84. The maximum atomic E-state index is 14.1. The van der Waals surface area contributed by atoms with E-state index >= 15 is 0 Å². The lowest BCUT2D eigenvalue weighted by Gasteiger charge is -2.05. The summed E-state index contributed by atoms with van der Waals surface area (Å²) in [5.74, 6) is -1.09. The van der Waals surface area contributed by atoms with Crippen LogP contribution in [0.5, 0.6) is 17.6 Å².